The number of carbonyl (C=O) groups is 1. The molecular weight excluding hydrogens is 378 g/mol. The second kappa shape index (κ2) is 10.1. The van der Waals surface area contributed by atoms with Crippen molar-refractivity contribution in [1.82, 2.24) is 14.8 Å². The van der Waals surface area contributed by atoms with Gasteiger partial charge in [-0.25, -0.2) is 4.98 Å². The normalized spacial score (nSPS) is 20.7. The third kappa shape index (κ3) is 5.22. The van der Waals surface area contributed by atoms with E-state index in [1.807, 2.05) is 23.1 Å². The highest BCUT2D eigenvalue weighted by Gasteiger charge is 2.32. The average Bonchev–Trinajstić information content (AvgIpc) is 3.08. The summed E-state index contributed by atoms with van der Waals surface area (Å²) in [5.74, 6) is 2.56. The number of methoxy groups -OCH3 is 1. The van der Waals surface area contributed by atoms with Gasteiger partial charge in [0, 0.05) is 13.0 Å². The first kappa shape index (κ1) is 20.9. The third-order valence-corrected chi connectivity index (χ3v) is 6.25. The Balaban J connectivity index is 1.42. The zero-order valence-electron chi connectivity index (χ0n) is 18.0. The van der Waals surface area contributed by atoms with Crippen molar-refractivity contribution in [1.29, 1.82) is 0 Å². The van der Waals surface area contributed by atoms with Gasteiger partial charge in [-0.15, -0.1) is 0 Å². The van der Waals surface area contributed by atoms with Crippen molar-refractivity contribution in [3.8, 4) is 5.75 Å². The summed E-state index contributed by atoms with van der Waals surface area (Å²) in [6, 6.07) is 7.95. The first-order chi connectivity index (χ1) is 14.7. The highest BCUT2D eigenvalue weighted by atomic mass is 16.5. The predicted octanol–water partition coefficient (Wildman–Crippen LogP) is 4.20. The topological polar surface area (TPSA) is 58.8 Å². The molecule has 6 heteroatoms. The molecule has 2 saturated heterocycles. The maximum atomic E-state index is 13.1. The summed E-state index contributed by atoms with van der Waals surface area (Å²) < 4.78 is 11.4. The summed E-state index contributed by atoms with van der Waals surface area (Å²) in [7, 11) is 1.67. The molecule has 0 saturated carbocycles. The molecule has 3 heterocycles. The minimum atomic E-state index is -0.0442. The highest BCUT2D eigenvalue weighted by Crippen LogP contribution is 2.31. The second-order valence-corrected chi connectivity index (χ2v) is 8.48. The lowest BCUT2D eigenvalue weighted by atomic mass is 10.0. The van der Waals surface area contributed by atoms with E-state index in [9.17, 15) is 4.79 Å². The van der Waals surface area contributed by atoms with Gasteiger partial charge >= 0.3 is 0 Å². The van der Waals surface area contributed by atoms with Crippen LogP contribution in [-0.4, -0.2) is 54.0 Å². The molecule has 2 aliphatic heterocycles. The minimum Gasteiger partial charge on any atom is -0.497 e. The van der Waals surface area contributed by atoms with Crippen molar-refractivity contribution in [2.24, 2.45) is 0 Å². The number of carbonyl (C=O) groups excluding carboxylic acids is 1. The van der Waals surface area contributed by atoms with Gasteiger partial charge in [-0.2, -0.15) is 0 Å². The molecule has 1 atom stereocenters. The van der Waals surface area contributed by atoms with E-state index in [4.69, 9.17) is 9.15 Å². The van der Waals surface area contributed by atoms with Gasteiger partial charge in [0.2, 0.25) is 11.8 Å². The SMILES string of the molecule is COc1cccc(Cc2cnc([C@@H]3CCCCN3C(=O)CN3CCCCCC3)o2)c1. The Morgan fingerprint density at radius 3 is 2.73 bits per heavy atom. The Kier molecular flexibility index (Phi) is 7.05. The number of piperidine rings is 1. The van der Waals surface area contributed by atoms with E-state index in [1.54, 1.807) is 13.3 Å². The molecule has 2 fully saturated rings. The number of nitrogens with zero attached hydrogens (tertiary/aromatic N) is 3. The van der Waals surface area contributed by atoms with Crippen LogP contribution in [0.1, 0.15) is 68.2 Å². The van der Waals surface area contributed by atoms with E-state index in [0.29, 0.717) is 18.9 Å². The second-order valence-electron chi connectivity index (χ2n) is 8.48. The van der Waals surface area contributed by atoms with Crippen LogP contribution in [0.2, 0.25) is 0 Å². The third-order valence-electron chi connectivity index (χ3n) is 6.25. The number of benzene rings is 1. The van der Waals surface area contributed by atoms with Crippen LogP contribution in [0.5, 0.6) is 5.75 Å². The molecule has 4 rings (SSSR count). The molecule has 0 spiro atoms. The quantitative estimate of drug-likeness (QED) is 0.713. The molecule has 30 heavy (non-hydrogen) atoms. The average molecular weight is 412 g/mol. The standard InChI is InChI=1S/C24H33N3O3/c1-29-20-10-8-9-19(15-20)16-21-17-25-24(30-21)22-11-4-7-14-27(22)23(28)18-26-12-5-2-3-6-13-26/h8-10,15,17,22H,2-7,11-14,16,18H2,1H3/t22-/m0/s1. The van der Waals surface area contributed by atoms with E-state index in [0.717, 1.165) is 56.0 Å². The van der Waals surface area contributed by atoms with Crippen molar-refractivity contribution < 1.29 is 13.9 Å². The highest BCUT2D eigenvalue weighted by molar-refractivity contribution is 5.78. The van der Waals surface area contributed by atoms with Gasteiger partial charge in [-0.05, 0) is 62.9 Å². The molecule has 0 radical (unpaired) electrons. The molecule has 0 bridgehead atoms. The molecule has 0 N–H and O–H groups in total. The molecule has 1 amide bonds. The molecular formula is C24H33N3O3. The monoisotopic (exact) mass is 411 g/mol. The van der Waals surface area contributed by atoms with Gasteiger partial charge in [0.05, 0.1) is 19.9 Å². The number of rotatable bonds is 6. The van der Waals surface area contributed by atoms with Gasteiger partial charge in [-0.3, -0.25) is 9.69 Å². The van der Waals surface area contributed by atoms with Crippen LogP contribution in [0, 0.1) is 0 Å². The lowest BCUT2D eigenvalue weighted by Crippen LogP contribution is -2.44. The molecule has 2 aliphatic rings. The Morgan fingerprint density at radius 2 is 1.93 bits per heavy atom. The van der Waals surface area contributed by atoms with Crippen LogP contribution in [0.3, 0.4) is 0 Å². The lowest BCUT2D eigenvalue weighted by Gasteiger charge is -2.35. The maximum absolute atomic E-state index is 13.1. The predicted molar refractivity (Wildman–Crippen MR) is 116 cm³/mol. The van der Waals surface area contributed by atoms with E-state index in [1.165, 1.54) is 25.7 Å². The van der Waals surface area contributed by atoms with Crippen molar-refractivity contribution >= 4 is 5.91 Å². The number of oxazole rings is 1. The summed E-state index contributed by atoms with van der Waals surface area (Å²) in [6.45, 7) is 3.39. The number of hydrogen-bond acceptors (Lipinski definition) is 5. The van der Waals surface area contributed by atoms with Gasteiger partial charge in [0.25, 0.3) is 0 Å². The maximum Gasteiger partial charge on any atom is 0.237 e. The smallest absolute Gasteiger partial charge is 0.237 e. The number of likely N-dealkylation sites (tertiary alicyclic amines) is 2. The van der Waals surface area contributed by atoms with Crippen LogP contribution in [0.15, 0.2) is 34.9 Å². The Hall–Kier alpha value is -2.34. The van der Waals surface area contributed by atoms with Crippen LogP contribution in [-0.2, 0) is 11.2 Å². The van der Waals surface area contributed by atoms with E-state index in [-0.39, 0.29) is 11.9 Å². The molecule has 1 aromatic carbocycles. The van der Waals surface area contributed by atoms with Crippen molar-refractivity contribution in [3.05, 3.63) is 47.7 Å². The molecule has 1 aromatic heterocycles. The fourth-order valence-corrected chi connectivity index (χ4v) is 4.61. The first-order valence-electron chi connectivity index (χ1n) is 11.3. The van der Waals surface area contributed by atoms with Crippen LogP contribution in [0.25, 0.3) is 0 Å². The lowest BCUT2D eigenvalue weighted by molar-refractivity contribution is -0.136. The van der Waals surface area contributed by atoms with Crippen LogP contribution in [0.4, 0.5) is 0 Å². The zero-order valence-corrected chi connectivity index (χ0v) is 18.0. The zero-order chi connectivity index (χ0) is 20.8. The van der Waals surface area contributed by atoms with E-state index >= 15 is 0 Å². The summed E-state index contributed by atoms with van der Waals surface area (Å²) in [6.07, 6.45) is 10.5. The fraction of sp³-hybridized carbons (Fsp3) is 0.583. The van der Waals surface area contributed by atoms with E-state index < -0.39 is 0 Å². The molecule has 0 unspecified atom stereocenters. The van der Waals surface area contributed by atoms with Gasteiger partial charge in [0.15, 0.2) is 0 Å². The Labute approximate surface area is 179 Å². The number of ether oxygens (including phenoxy) is 1. The molecule has 162 valence electrons. The van der Waals surface area contributed by atoms with Gasteiger partial charge < -0.3 is 14.1 Å². The number of hydrogen-bond donors (Lipinski definition) is 0. The van der Waals surface area contributed by atoms with Crippen LogP contribution >= 0.6 is 0 Å². The number of amides is 1. The first-order valence-corrected chi connectivity index (χ1v) is 11.3. The molecule has 2 aromatic rings. The van der Waals surface area contributed by atoms with Gasteiger partial charge in [0.1, 0.15) is 17.6 Å². The summed E-state index contributed by atoms with van der Waals surface area (Å²) in [5.41, 5.74) is 1.12. The minimum absolute atomic E-state index is 0.0442. The molecule has 6 nitrogen and oxygen atoms in total. The van der Waals surface area contributed by atoms with Crippen LogP contribution < -0.4 is 4.74 Å². The van der Waals surface area contributed by atoms with Crippen molar-refractivity contribution in [2.45, 2.75) is 57.4 Å². The summed E-state index contributed by atoms with van der Waals surface area (Å²) in [5, 5.41) is 0. The summed E-state index contributed by atoms with van der Waals surface area (Å²) in [4.78, 5) is 22.0. The van der Waals surface area contributed by atoms with E-state index in [2.05, 4.69) is 16.0 Å². The Morgan fingerprint density at radius 1 is 1.13 bits per heavy atom. The number of aromatic nitrogens is 1. The van der Waals surface area contributed by atoms with Crippen molar-refractivity contribution in [3.63, 3.8) is 0 Å². The van der Waals surface area contributed by atoms with Crippen molar-refractivity contribution in [2.75, 3.05) is 33.3 Å². The fourth-order valence-electron chi connectivity index (χ4n) is 4.61. The Bertz CT molecular complexity index is 827. The molecule has 0 aliphatic carbocycles. The summed E-state index contributed by atoms with van der Waals surface area (Å²) >= 11 is 0. The van der Waals surface area contributed by atoms with Gasteiger partial charge in [-0.1, -0.05) is 25.0 Å². The largest absolute Gasteiger partial charge is 0.497 e.